The first-order valence-corrected chi connectivity index (χ1v) is 6.24. The lowest BCUT2D eigenvalue weighted by atomic mass is 9.68. The molecule has 0 bridgehead atoms. The Labute approximate surface area is 92.1 Å². The smallest absolute Gasteiger partial charge is 0.243 e. The van der Waals surface area contributed by atoms with Crippen LogP contribution in [0.3, 0.4) is 0 Å². The van der Waals surface area contributed by atoms with E-state index in [9.17, 15) is 4.79 Å². The molecule has 84 valence electrons. The SMILES string of the molecule is C=CC(=O)NC1CCCC2CCCCC21. The van der Waals surface area contributed by atoms with E-state index in [-0.39, 0.29) is 5.91 Å². The molecule has 0 spiro atoms. The molecule has 2 aliphatic carbocycles. The van der Waals surface area contributed by atoms with Gasteiger partial charge in [-0.15, -0.1) is 0 Å². The van der Waals surface area contributed by atoms with Crippen LogP contribution in [-0.4, -0.2) is 11.9 Å². The van der Waals surface area contributed by atoms with Crippen LogP contribution in [0.4, 0.5) is 0 Å². The highest BCUT2D eigenvalue weighted by molar-refractivity contribution is 5.87. The minimum absolute atomic E-state index is 0.00576. The van der Waals surface area contributed by atoms with Gasteiger partial charge in [0.05, 0.1) is 0 Å². The van der Waals surface area contributed by atoms with Gasteiger partial charge in [0.25, 0.3) is 0 Å². The van der Waals surface area contributed by atoms with Gasteiger partial charge in [0, 0.05) is 6.04 Å². The minimum Gasteiger partial charge on any atom is -0.350 e. The van der Waals surface area contributed by atoms with Gasteiger partial charge in [-0.25, -0.2) is 0 Å². The van der Waals surface area contributed by atoms with E-state index in [2.05, 4.69) is 11.9 Å². The van der Waals surface area contributed by atoms with Gasteiger partial charge in [-0.3, -0.25) is 4.79 Å². The van der Waals surface area contributed by atoms with Crippen LogP contribution in [0.15, 0.2) is 12.7 Å². The second-order valence-corrected chi connectivity index (χ2v) is 4.96. The van der Waals surface area contributed by atoms with Crippen molar-refractivity contribution < 1.29 is 4.79 Å². The zero-order valence-electron chi connectivity index (χ0n) is 9.37. The topological polar surface area (TPSA) is 29.1 Å². The first kappa shape index (κ1) is 10.7. The summed E-state index contributed by atoms with van der Waals surface area (Å²) in [5, 5.41) is 3.11. The molecule has 1 N–H and O–H groups in total. The fraction of sp³-hybridized carbons (Fsp3) is 0.769. The molecular formula is C13H21NO. The first-order chi connectivity index (χ1) is 7.31. The highest BCUT2D eigenvalue weighted by Gasteiger charge is 2.35. The predicted octanol–water partition coefficient (Wildman–Crippen LogP) is 2.65. The van der Waals surface area contributed by atoms with E-state index in [0.29, 0.717) is 6.04 Å². The molecule has 0 aromatic rings. The Hall–Kier alpha value is -0.790. The molecule has 3 unspecified atom stereocenters. The van der Waals surface area contributed by atoms with Gasteiger partial charge in [0.2, 0.25) is 5.91 Å². The fourth-order valence-electron chi connectivity index (χ4n) is 3.36. The van der Waals surface area contributed by atoms with Gasteiger partial charge < -0.3 is 5.32 Å². The van der Waals surface area contributed by atoms with Crippen molar-refractivity contribution in [3.63, 3.8) is 0 Å². The number of carbonyl (C=O) groups is 1. The van der Waals surface area contributed by atoms with Gasteiger partial charge in [-0.1, -0.05) is 38.7 Å². The van der Waals surface area contributed by atoms with Crippen molar-refractivity contribution in [2.45, 2.75) is 51.0 Å². The molecule has 2 rings (SSSR count). The van der Waals surface area contributed by atoms with Crippen molar-refractivity contribution in [1.29, 1.82) is 0 Å². The largest absolute Gasteiger partial charge is 0.350 e. The van der Waals surface area contributed by atoms with Crippen molar-refractivity contribution >= 4 is 5.91 Å². The summed E-state index contributed by atoms with van der Waals surface area (Å²) in [5.74, 6) is 1.63. The lowest BCUT2D eigenvalue weighted by molar-refractivity contribution is -0.118. The maximum absolute atomic E-state index is 11.3. The molecule has 2 saturated carbocycles. The summed E-state index contributed by atoms with van der Waals surface area (Å²) in [5.41, 5.74) is 0. The summed E-state index contributed by atoms with van der Waals surface area (Å²) in [6.45, 7) is 3.52. The fourth-order valence-corrected chi connectivity index (χ4v) is 3.36. The van der Waals surface area contributed by atoms with Crippen LogP contribution in [0.1, 0.15) is 44.9 Å². The van der Waals surface area contributed by atoms with Crippen LogP contribution in [0.2, 0.25) is 0 Å². The molecule has 2 aliphatic rings. The van der Waals surface area contributed by atoms with Crippen LogP contribution in [-0.2, 0) is 4.79 Å². The van der Waals surface area contributed by atoms with E-state index in [1.54, 1.807) is 0 Å². The standard InChI is InChI=1S/C13H21NO/c1-2-13(15)14-12-9-5-7-10-6-3-4-8-11(10)12/h2,10-12H,1,3-9H2,(H,14,15). The number of amides is 1. The van der Waals surface area contributed by atoms with E-state index >= 15 is 0 Å². The maximum atomic E-state index is 11.3. The molecule has 0 saturated heterocycles. The van der Waals surface area contributed by atoms with Gasteiger partial charge in [0.1, 0.15) is 0 Å². The maximum Gasteiger partial charge on any atom is 0.243 e. The Kier molecular flexibility index (Phi) is 3.45. The summed E-state index contributed by atoms with van der Waals surface area (Å²) in [4.78, 5) is 11.3. The Morgan fingerprint density at radius 1 is 1.13 bits per heavy atom. The third-order valence-corrected chi connectivity index (χ3v) is 4.09. The van der Waals surface area contributed by atoms with Crippen LogP contribution in [0.5, 0.6) is 0 Å². The monoisotopic (exact) mass is 207 g/mol. The average Bonchev–Trinajstić information content (AvgIpc) is 2.29. The zero-order valence-corrected chi connectivity index (χ0v) is 9.37. The number of hydrogen-bond donors (Lipinski definition) is 1. The highest BCUT2D eigenvalue weighted by Crippen LogP contribution is 2.40. The van der Waals surface area contributed by atoms with Gasteiger partial charge >= 0.3 is 0 Å². The van der Waals surface area contributed by atoms with E-state index in [1.165, 1.54) is 51.0 Å². The van der Waals surface area contributed by atoms with Crippen LogP contribution >= 0.6 is 0 Å². The molecule has 2 nitrogen and oxygen atoms in total. The first-order valence-electron chi connectivity index (χ1n) is 6.24. The number of nitrogens with one attached hydrogen (secondary N) is 1. The van der Waals surface area contributed by atoms with E-state index in [4.69, 9.17) is 0 Å². The number of rotatable bonds is 2. The molecule has 0 aromatic carbocycles. The lowest BCUT2D eigenvalue weighted by Gasteiger charge is -2.41. The minimum atomic E-state index is 0.00576. The van der Waals surface area contributed by atoms with Crippen molar-refractivity contribution in [3.05, 3.63) is 12.7 Å². The van der Waals surface area contributed by atoms with E-state index < -0.39 is 0 Å². The quantitative estimate of drug-likeness (QED) is 0.693. The molecule has 15 heavy (non-hydrogen) atoms. The average molecular weight is 207 g/mol. The third kappa shape index (κ3) is 2.42. The van der Waals surface area contributed by atoms with Crippen LogP contribution in [0, 0.1) is 11.8 Å². The molecule has 3 atom stereocenters. The summed E-state index contributed by atoms with van der Waals surface area (Å²) in [6.07, 6.45) is 10.7. The summed E-state index contributed by atoms with van der Waals surface area (Å²) >= 11 is 0. The predicted molar refractivity (Wildman–Crippen MR) is 61.4 cm³/mol. The second kappa shape index (κ2) is 4.82. The number of carbonyl (C=O) groups excluding carboxylic acids is 1. The zero-order chi connectivity index (χ0) is 10.7. The normalized spacial score (nSPS) is 35.3. The number of hydrogen-bond acceptors (Lipinski definition) is 1. The molecule has 2 heteroatoms. The highest BCUT2D eigenvalue weighted by atomic mass is 16.1. The van der Waals surface area contributed by atoms with E-state index in [0.717, 1.165) is 11.8 Å². The van der Waals surface area contributed by atoms with Gasteiger partial charge in [-0.05, 0) is 30.8 Å². The van der Waals surface area contributed by atoms with Crippen molar-refractivity contribution in [3.8, 4) is 0 Å². The Morgan fingerprint density at radius 3 is 2.67 bits per heavy atom. The Bertz CT molecular complexity index is 247. The van der Waals surface area contributed by atoms with Crippen LogP contribution in [0.25, 0.3) is 0 Å². The Morgan fingerprint density at radius 2 is 1.87 bits per heavy atom. The van der Waals surface area contributed by atoms with Crippen molar-refractivity contribution in [2.75, 3.05) is 0 Å². The summed E-state index contributed by atoms with van der Waals surface area (Å²) in [6, 6.07) is 0.426. The van der Waals surface area contributed by atoms with Crippen molar-refractivity contribution in [1.82, 2.24) is 5.32 Å². The summed E-state index contributed by atoms with van der Waals surface area (Å²) < 4.78 is 0. The van der Waals surface area contributed by atoms with Crippen molar-refractivity contribution in [2.24, 2.45) is 11.8 Å². The second-order valence-electron chi connectivity index (χ2n) is 4.96. The molecule has 2 fully saturated rings. The van der Waals surface area contributed by atoms with Crippen LogP contribution < -0.4 is 5.32 Å². The Balaban J connectivity index is 1.97. The van der Waals surface area contributed by atoms with Gasteiger partial charge in [0.15, 0.2) is 0 Å². The summed E-state index contributed by atoms with van der Waals surface area (Å²) in [7, 11) is 0. The molecule has 1 amide bonds. The third-order valence-electron chi connectivity index (χ3n) is 4.09. The molecule has 0 aromatic heterocycles. The molecular weight excluding hydrogens is 186 g/mol. The number of fused-ring (bicyclic) bond motifs is 1. The molecule has 0 aliphatic heterocycles. The lowest BCUT2D eigenvalue weighted by Crippen LogP contribution is -2.45. The molecule has 0 radical (unpaired) electrons. The van der Waals surface area contributed by atoms with Gasteiger partial charge in [-0.2, -0.15) is 0 Å². The molecule has 0 heterocycles. The van der Waals surface area contributed by atoms with E-state index in [1.807, 2.05) is 0 Å².